The van der Waals surface area contributed by atoms with Crippen LogP contribution in [0, 0.1) is 13.8 Å². The van der Waals surface area contributed by atoms with Crippen LogP contribution in [-0.4, -0.2) is 39.3 Å². The van der Waals surface area contributed by atoms with Gasteiger partial charge in [0.1, 0.15) is 0 Å². The first kappa shape index (κ1) is 15.4. The molecule has 0 fully saturated rings. The van der Waals surface area contributed by atoms with Gasteiger partial charge >= 0.3 is 0 Å². The minimum Gasteiger partial charge on any atom is -0.383 e. The Labute approximate surface area is 135 Å². The zero-order valence-electron chi connectivity index (χ0n) is 13.9. The average molecular weight is 311 g/mol. The van der Waals surface area contributed by atoms with Crippen LogP contribution in [0.25, 0.3) is 16.6 Å². The first-order chi connectivity index (χ1) is 11.1. The summed E-state index contributed by atoms with van der Waals surface area (Å²) in [5, 5.41) is 7.83. The van der Waals surface area contributed by atoms with E-state index in [-0.39, 0.29) is 6.04 Å². The van der Waals surface area contributed by atoms with Crippen molar-refractivity contribution in [1.29, 1.82) is 0 Å². The number of anilines is 1. The number of nitrogens with one attached hydrogen (secondary N) is 1. The van der Waals surface area contributed by atoms with E-state index >= 15 is 0 Å². The minimum atomic E-state index is 0.149. The van der Waals surface area contributed by atoms with Crippen LogP contribution in [0.2, 0.25) is 0 Å². The predicted octanol–water partition coefficient (Wildman–Crippen LogP) is 2.85. The van der Waals surface area contributed by atoms with Crippen molar-refractivity contribution in [2.24, 2.45) is 0 Å². The molecule has 3 rings (SSSR count). The average Bonchev–Trinajstić information content (AvgIpc) is 2.84. The van der Waals surface area contributed by atoms with Gasteiger partial charge in [0.05, 0.1) is 18.3 Å². The van der Waals surface area contributed by atoms with E-state index < -0.39 is 0 Å². The Balaban J connectivity index is 2.00. The molecule has 3 aromatic heterocycles. The van der Waals surface area contributed by atoms with Gasteiger partial charge in [-0.05, 0) is 44.5 Å². The van der Waals surface area contributed by atoms with Gasteiger partial charge in [-0.25, -0.2) is 9.50 Å². The van der Waals surface area contributed by atoms with Crippen LogP contribution >= 0.6 is 0 Å². The highest BCUT2D eigenvalue weighted by Crippen LogP contribution is 2.27. The maximum Gasteiger partial charge on any atom is 0.241 e. The smallest absolute Gasteiger partial charge is 0.241 e. The quantitative estimate of drug-likeness (QED) is 0.785. The van der Waals surface area contributed by atoms with Crippen LogP contribution in [0.4, 0.5) is 5.95 Å². The lowest BCUT2D eigenvalue weighted by atomic mass is 10.1. The van der Waals surface area contributed by atoms with Crippen molar-refractivity contribution in [3.8, 4) is 11.1 Å². The van der Waals surface area contributed by atoms with Gasteiger partial charge in [-0.3, -0.25) is 4.98 Å². The van der Waals surface area contributed by atoms with Crippen molar-refractivity contribution in [2.75, 3.05) is 19.0 Å². The molecule has 120 valence electrons. The van der Waals surface area contributed by atoms with E-state index in [2.05, 4.69) is 32.5 Å². The minimum absolute atomic E-state index is 0.149. The van der Waals surface area contributed by atoms with Gasteiger partial charge in [-0.2, -0.15) is 0 Å². The number of aryl methyl sites for hydroxylation is 2. The van der Waals surface area contributed by atoms with Crippen molar-refractivity contribution in [1.82, 2.24) is 19.6 Å². The summed E-state index contributed by atoms with van der Waals surface area (Å²) >= 11 is 0. The molecule has 0 aliphatic heterocycles. The zero-order chi connectivity index (χ0) is 16.4. The molecular weight excluding hydrogens is 290 g/mol. The maximum absolute atomic E-state index is 5.13. The Hall–Kier alpha value is -2.47. The Bertz CT molecular complexity index is 827. The molecule has 0 spiro atoms. The molecule has 1 atom stereocenters. The maximum atomic E-state index is 5.13. The Morgan fingerprint density at radius 3 is 2.83 bits per heavy atom. The molecule has 3 aromatic rings. The molecule has 0 saturated carbocycles. The Morgan fingerprint density at radius 2 is 2.09 bits per heavy atom. The van der Waals surface area contributed by atoms with E-state index in [9.17, 15) is 0 Å². The molecule has 6 nitrogen and oxygen atoms in total. The van der Waals surface area contributed by atoms with Crippen LogP contribution in [-0.2, 0) is 4.74 Å². The van der Waals surface area contributed by atoms with E-state index in [4.69, 9.17) is 4.74 Å². The summed E-state index contributed by atoms with van der Waals surface area (Å²) < 4.78 is 7.05. The fourth-order valence-corrected chi connectivity index (χ4v) is 2.67. The number of aromatic nitrogens is 4. The Kier molecular flexibility index (Phi) is 4.25. The molecule has 0 unspecified atom stereocenters. The number of pyridine rings is 1. The molecule has 0 aliphatic rings. The first-order valence-corrected chi connectivity index (χ1v) is 7.62. The van der Waals surface area contributed by atoms with E-state index in [0.717, 1.165) is 28.0 Å². The second-order valence-corrected chi connectivity index (χ2v) is 5.76. The molecule has 0 amide bonds. The van der Waals surface area contributed by atoms with Crippen molar-refractivity contribution < 1.29 is 4.74 Å². The van der Waals surface area contributed by atoms with Crippen LogP contribution in [0.5, 0.6) is 0 Å². The third kappa shape index (κ3) is 3.17. The van der Waals surface area contributed by atoms with Crippen molar-refractivity contribution >= 4 is 11.5 Å². The molecule has 3 heterocycles. The fraction of sp³-hybridized carbons (Fsp3) is 0.353. The molecule has 0 aliphatic carbocycles. The van der Waals surface area contributed by atoms with Crippen molar-refractivity contribution in [3.05, 3.63) is 42.0 Å². The number of ether oxygens (including phenoxy) is 1. The summed E-state index contributed by atoms with van der Waals surface area (Å²) in [4.78, 5) is 8.69. The standard InChI is InChI=1S/C17H21N5O/c1-11-7-14(5-6-18-11)15-8-13(3)22-16(15)9-19-17(21-22)20-12(2)10-23-4/h5-9,12H,10H2,1-4H3,(H,20,21)/t12-/m0/s1. The van der Waals surface area contributed by atoms with Gasteiger partial charge in [0, 0.05) is 36.3 Å². The van der Waals surface area contributed by atoms with E-state index in [1.54, 1.807) is 7.11 Å². The summed E-state index contributed by atoms with van der Waals surface area (Å²) in [5.41, 5.74) is 5.28. The van der Waals surface area contributed by atoms with Gasteiger partial charge in [0.25, 0.3) is 0 Å². The number of fused-ring (bicyclic) bond motifs is 1. The molecule has 23 heavy (non-hydrogen) atoms. The highest BCUT2D eigenvalue weighted by Gasteiger charge is 2.12. The lowest BCUT2D eigenvalue weighted by Gasteiger charge is -2.12. The van der Waals surface area contributed by atoms with Crippen molar-refractivity contribution in [3.63, 3.8) is 0 Å². The monoisotopic (exact) mass is 311 g/mol. The second kappa shape index (κ2) is 6.34. The summed E-state index contributed by atoms with van der Waals surface area (Å²) in [6.45, 7) is 6.67. The molecule has 6 heteroatoms. The van der Waals surface area contributed by atoms with Gasteiger partial charge < -0.3 is 10.1 Å². The molecule has 0 bridgehead atoms. The van der Waals surface area contributed by atoms with Crippen LogP contribution < -0.4 is 5.32 Å². The summed E-state index contributed by atoms with van der Waals surface area (Å²) in [7, 11) is 1.68. The van der Waals surface area contributed by atoms with Gasteiger partial charge in [0.2, 0.25) is 5.95 Å². The zero-order valence-corrected chi connectivity index (χ0v) is 13.9. The predicted molar refractivity (Wildman–Crippen MR) is 90.7 cm³/mol. The SMILES string of the molecule is COC[C@H](C)Nc1ncc2c(-c3ccnc(C)c3)cc(C)n2n1. The summed E-state index contributed by atoms with van der Waals surface area (Å²) in [5.74, 6) is 0.596. The normalized spacial score (nSPS) is 12.5. The summed E-state index contributed by atoms with van der Waals surface area (Å²) in [6.07, 6.45) is 3.68. The fourth-order valence-electron chi connectivity index (χ4n) is 2.67. The lowest BCUT2D eigenvalue weighted by molar-refractivity contribution is 0.190. The molecule has 0 aromatic carbocycles. The number of rotatable bonds is 5. The first-order valence-electron chi connectivity index (χ1n) is 7.62. The van der Waals surface area contributed by atoms with E-state index in [1.807, 2.05) is 43.7 Å². The van der Waals surface area contributed by atoms with Gasteiger partial charge in [-0.15, -0.1) is 5.10 Å². The largest absolute Gasteiger partial charge is 0.383 e. The second-order valence-electron chi connectivity index (χ2n) is 5.76. The number of nitrogens with zero attached hydrogens (tertiary/aromatic N) is 4. The van der Waals surface area contributed by atoms with Crippen LogP contribution in [0.15, 0.2) is 30.6 Å². The van der Waals surface area contributed by atoms with Crippen LogP contribution in [0.3, 0.4) is 0 Å². The Morgan fingerprint density at radius 1 is 1.26 bits per heavy atom. The number of hydrogen-bond acceptors (Lipinski definition) is 5. The third-order valence-electron chi connectivity index (χ3n) is 3.70. The number of methoxy groups -OCH3 is 1. The lowest BCUT2D eigenvalue weighted by Crippen LogP contribution is -2.22. The molecular formula is C17H21N5O. The molecule has 1 N–H and O–H groups in total. The summed E-state index contributed by atoms with van der Waals surface area (Å²) in [6, 6.07) is 6.35. The molecule has 0 saturated heterocycles. The highest BCUT2D eigenvalue weighted by atomic mass is 16.5. The highest BCUT2D eigenvalue weighted by molar-refractivity contribution is 5.81. The van der Waals surface area contributed by atoms with Gasteiger partial charge in [0.15, 0.2) is 0 Å². The molecule has 0 radical (unpaired) electrons. The van der Waals surface area contributed by atoms with E-state index in [0.29, 0.717) is 12.6 Å². The van der Waals surface area contributed by atoms with Crippen LogP contribution in [0.1, 0.15) is 18.3 Å². The van der Waals surface area contributed by atoms with Crippen molar-refractivity contribution in [2.45, 2.75) is 26.8 Å². The van der Waals surface area contributed by atoms with Gasteiger partial charge in [-0.1, -0.05) is 0 Å². The third-order valence-corrected chi connectivity index (χ3v) is 3.70. The number of hydrogen-bond donors (Lipinski definition) is 1. The van der Waals surface area contributed by atoms with E-state index in [1.165, 1.54) is 0 Å². The topological polar surface area (TPSA) is 64.3 Å².